The number of rotatable bonds is 6. The molecule has 118 valence electrons. The standard InChI is InChI=1S/C16H21N3O3/c1-3-9-17-14(21)16(7-8-16)15(22)19-13-6-4-5-12(10-13)18-11(2)20/h4-6,10H,3,7-9H2,1-2H3,(H,17,21)(H,18,20)(H,19,22). The van der Waals surface area contributed by atoms with Crippen molar-refractivity contribution in [3.8, 4) is 0 Å². The molecule has 0 heterocycles. The van der Waals surface area contributed by atoms with Crippen molar-refractivity contribution in [2.75, 3.05) is 17.2 Å². The van der Waals surface area contributed by atoms with Gasteiger partial charge in [0.1, 0.15) is 5.41 Å². The van der Waals surface area contributed by atoms with Crippen molar-refractivity contribution in [3.05, 3.63) is 24.3 Å². The van der Waals surface area contributed by atoms with E-state index in [9.17, 15) is 14.4 Å². The van der Waals surface area contributed by atoms with E-state index in [1.807, 2.05) is 6.92 Å². The molecule has 0 spiro atoms. The van der Waals surface area contributed by atoms with E-state index in [0.29, 0.717) is 30.8 Å². The second-order valence-corrected chi connectivity index (χ2v) is 5.55. The molecular formula is C16H21N3O3. The first-order valence-corrected chi connectivity index (χ1v) is 7.45. The van der Waals surface area contributed by atoms with Crippen molar-refractivity contribution >= 4 is 29.1 Å². The lowest BCUT2D eigenvalue weighted by Crippen LogP contribution is -2.40. The summed E-state index contributed by atoms with van der Waals surface area (Å²) < 4.78 is 0. The summed E-state index contributed by atoms with van der Waals surface area (Å²) in [5.41, 5.74) is 0.232. The van der Waals surface area contributed by atoms with E-state index in [1.165, 1.54) is 6.92 Å². The molecule has 6 nitrogen and oxygen atoms in total. The van der Waals surface area contributed by atoms with Gasteiger partial charge in [-0.15, -0.1) is 0 Å². The maximum Gasteiger partial charge on any atom is 0.240 e. The van der Waals surface area contributed by atoms with Gasteiger partial charge < -0.3 is 16.0 Å². The average molecular weight is 303 g/mol. The molecule has 2 rings (SSSR count). The fourth-order valence-electron chi connectivity index (χ4n) is 2.22. The summed E-state index contributed by atoms with van der Waals surface area (Å²) in [5.74, 6) is -0.674. The number of hydrogen-bond donors (Lipinski definition) is 3. The third-order valence-electron chi connectivity index (χ3n) is 3.60. The molecule has 1 saturated carbocycles. The van der Waals surface area contributed by atoms with Crippen LogP contribution in [-0.2, 0) is 14.4 Å². The third-order valence-corrected chi connectivity index (χ3v) is 3.60. The average Bonchev–Trinajstić information content (AvgIpc) is 3.26. The fourth-order valence-corrected chi connectivity index (χ4v) is 2.22. The molecule has 1 aromatic rings. The largest absolute Gasteiger partial charge is 0.355 e. The van der Waals surface area contributed by atoms with Crippen molar-refractivity contribution < 1.29 is 14.4 Å². The smallest absolute Gasteiger partial charge is 0.240 e. The predicted molar refractivity (Wildman–Crippen MR) is 84.3 cm³/mol. The molecule has 6 heteroatoms. The molecule has 0 saturated heterocycles. The second kappa shape index (κ2) is 6.60. The molecule has 1 fully saturated rings. The summed E-state index contributed by atoms with van der Waals surface area (Å²) in [4.78, 5) is 35.5. The molecule has 3 N–H and O–H groups in total. The Morgan fingerprint density at radius 3 is 2.27 bits per heavy atom. The van der Waals surface area contributed by atoms with E-state index < -0.39 is 5.41 Å². The molecule has 0 aliphatic heterocycles. The highest BCUT2D eigenvalue weighted by molar-refractivity contribution is 6.13. The molecule has 3 amide bonds. The van der Waals surface area contributed by atoms with Gasteiger partial charge >= 0.3 is 0 Å². The van der Waals surface area contributed by atoms with Crippen LogP contribution in [0.5, 0.6) is 0 Å². The highest BCUT2D eigenvalue weighted by atomic mass is 16.2. The van der Waals surface area contributed by atoms with Gasteiger partial charge in [0, 0.05) is 24.8 Å². The third kappa shape index (κ3) is 3.63. The minimum Gasteiger partial charge on any atom is -0.355 e. The van der Waals surface area contributed by atoms with Crippen LogP contribution in [0.15, 0.2) is 24.3 Å². The van der Waals surface area contributed by atoms with Crippen molar-refractivity contribution in [3.63, 3.8) is 0 Å². The molecule has 0 radical (unpaired) electrons. The molecule has 1 aliphatic carbocycles. The summed E-state index contributed by atoms with van der Waals surface area (Å²) >= 11 is 0. The lowest BCUT2D eigenvalue weighted by molar-refractivity contribution is -0.134. The quantitative estimate of drug-likeness (QED) is 0.701. The minimum absolute atomic E-state index is 0.180. The molecule has 0 aromatic heterocycles. The van der Waals surface area contributed by atoms with Crippen molar-refractivity contribution in [2.24, 2.45) is 5.41 Å². The topological polar surface area (TPSA) is 87.3 Å². The van der Waals surface area contributed by atoms with Crippen molar-refractivity contribution in [1.29, 1.82) is 0 Å². The van der Waals surface area contributed by atoms with Gasteiger partial charge in [-0.05, 0) is 37.5 Å². The number of benzene rings is 1. The lowest BCUT2D eigenvalue weighted by atomic mass is 10.0. The van der Waals surface area contributed by atoms with Crippen LogP contribution in [0.2, 0.25) is 0 Å². The summed E-state index contributed by atoms with van der Waals surface area (Å²) in [6.45, 7) is 3.96. The Hall–Kier alpha value is -2.37. The van der Waals surface area contributed by atoms with Gasteiger partial charge in [0.25, 0.3) is 0 Å². The first-order chi connectivity index (χ1) is 10.5. The van der Waals surface area contributed by atoms with Crippen molar-refractivity contribution in [2.45, 2.75) is 33.1 Å². The zero-order chi connectivity index (χ0) is 16.2. The van der Waals surface area contributed by atoms with Crippen LogP contribution in [0.1, 0.15) is 33.1 Å². The van der Waals surface area contributed by atoms with Crippen LogP contribution < -0.4 is 16.0 Å². The summed E-state index contributed by atoms with van der Waals surface area (Å²) in [5, 5.41) is 8.20. The van der Waals surface area contributed by atoms with Crippen LogP contribution in [0.25, 0.3) is 0 Å². The summed E-state index contributed by atoms with van der Waals surface area (Å²) in [6, 6.07) is 6.86. The van der Waals surface area contributed by atoms with Gasteiger partial charge in [0.15, 0.2) is 0 Å². The van der Waals surface area contributed by atoms with Gasteiger partial charge in [0.05, 0.1) is 0 Å². The Morgan fingerprint density at radius 2 is 1.73 bits per heavy atom. The van der Waals surface area contributed by atoms with E-state index >= 15 is 0 Å². The van der Waals surface area contributed by atoms with E-state index in [0.717, 1.165) is 6.42 Å². The van der Waals surface area contributed by atoms with Gasteiger partial charge in [-0.1, -0.05) is 13.0 Å². The predicted octanol–water partition coefficient (Wildman–Crippen LogP) is 1.89. The maximum atomic E-state index is 12.4. The number of anilines is 2. The van der Waals surface area contributed by atoms with Gasteiger partial charge in [0.2, 0.25) is 17.7 Å². The summed E-state index contributed by atoms with van der Waals surface area (Å²) in [7, 11) is 0. The first-order valence-electron chi connectivity index (χ1n) is 7.45. The van der Waals surface area contributed by atoms with Crippen LogP contribution in [0, 0.1) is 5.41 Å². The highest BCUT2D eigenvalue weighted by Gasteiger charge is 2.56. The monoisotopic (exact) mass is 303 g/mol. The first kappa shape index (κ1) is 16.0. The molecule has 22 heavy (non-hydrogen) atoms. The van der Waals surface area contributed by atoms with Gasteiger partial charge in [-0.25, -0.2) is 0 Å². The van der Waals surface area contributed by atoms with Gasteiger partial charge in [-0.2, -0.15) is 0 Å². The van der Waals surface area contributed by atoms with E-state index in [-0.39, 0.29) is 17.7 Å². The Bertz CT molecular complexity index is 594. The zero-order valence-electron chi connectivity index (χ0n) is 12.9. The van der Waals surface area contributed by atoms with Crippen LogP contribution in [-0.4, -0.2) is 24.3 Å². The van der Waals surface area contributed by atoms with Crippen LogP contribution >= 0.6 is 0 Å². The molecule has 1 aliphatic rings. The van der Waals surface area contributed by atoms with Crippen LogP contribution in [0.4, 0.5) is 11.4 Å². The summed E-state index contributed by atoms with van der Waals surface area (Å²) in [6.07, 6.45) is 1.97. The molecular weight excluding hydrogens is 282 g/mol. The number of hydrogen-bond acceptors (Lipinski definition) is 3. The fraction of sp³-hybridized carbons (Fsp3) is 0.438. The van der Waals surface area contributed by atoms with Crippen LogP contribution in [0.3, 0.4) is 0 Å². The highest BCUT2D eigenvalue weighted by Crippen LogP contribution is 2.46. The lowest BCUT2D eigenvalue weighted by Gasteiger charge is -2.15. The van der Waals surface area contributed by atoms with E-state index in [2.05, 4.69) is 16.0 Å². The van der Waals surface area contributed by atoms with E-state index in [1.54, 1.807) is 24.3 Å². The maximum absolute atomic E-state index is 12.4. The number of nitrogens with one attached hydrogen (secondary N) is 3. The second-order valence-electron chi connectivity index (χ2n) is 5.55. The van der Waals surface area contributed by atoms with Crippen molar-refractivity contribution in [1.82, 2.24) is 5.32 Å². The molecule has 1 aromatic carbocycles. The number of carbonyl (C=O) groups is 3. The Balaban J connectivity index is 2.03. The van der Waals surface area contributed by atoms with Gasteiger partial charge in [-0.3, -0.25) is 14.4 Å². The number of amides is 3. The minimum atomic E-state index is -0.931. The Kier molecular flexibility index (Phi) is 4.80. The molecule has 0 bridgehead atoms. The SMILES string of the molecule is CCCNC(=O)C1(C(=O)Nc2cccc(NC(C)=O)c2)CC1. The molecule has 0 unspecified atom stereocenters. The normalized spacial score (nSPS) is 14.8. The molecule has 0 atom stereocenters. The zero-order valence-corrected chi connectivity index (χ0v) is 12.9. The number of carbonyl (C=O) groups excluding carboxylic acids is 3. The van der Waals surface area contributed by atoms with E-state index in [4.69, 9.17) is 0 Å². The Labute approximate surface area is 129 Å². The Morgan fingerprint density at radius 1 is 1.09 bits per heavy atom.